The maximum absolute atomic E-state index is 13.0. The number of carbonyl (C=O) groups excluding carboxylic acids is 1. The molecule has 0 heterocycles. The van der Waals surface area contributed by atoms with Crippen molar-refractivity contribution in [2.24, 2.45) is 0 Å². The number of benzene rings is 1. The molecule has 0 aliphatic rings. The summed E-state index contributed by atoms with van der Waals surface area (Å²) in [4.78, 5) is 10.7. The summed E-state index contributed by atoms with van der Waals surface area (Å²) in [6, 6.07) is 4.05. The molecule has 0 spiro atoms. The zero-order valence-electron chi connectivity index (χ0n) is 7.94. The molecule has 0 aliphatic heterocycles. The number of urea groups is 1. The van der Waals surface area contributed by atoms with Crippen molar-refractivity contribution < 1.29 is 22.4 Å². The van der Waals surface area contributed by atoms with Crippen LogP contribution in [-0.2, 0) is 6.54 Å². The molecule has 88 valence electrons. The van der Waals surface area contributed by atoms with E-state index in [1.165, 1.54) is 18.2 Å². The van der Waals surface area contributed by atoms with E-state index in [4.69, 9.17) is 0 Å². The monoisotopic (exact) mass is 236 g/mol. The van der Waals surface area contributed by atoms with Gasteiger partial charge in [0.15, 0.2) is 0 Å². The van der Waals surface area contributed by atoms with Crippen molar-refractivity contribution in [2.45, 2.75) is 12.8 Å². The van der Waals surface area contributed by atoms with Crippen LogP contribution < -0.4 is 10.6 Å². The van der Waals surface area contributed by atoms with Gasteiger partial charge in [0.05, 0.1) is 0 Å². The summed E-state index contributed by atoms with van der Waals surface area (Å²) in [6.45, 7) is -0.311. The van der Waals surface area contributed by atoms with Crippen molar-refractivity contribution in [3.8, 4) is 0 Å². The highest BCUT2D eigenvalue weighted by molar-refractivity contribution is 5.74. The average molecular weight is 236 g/mol. The quantitative estimate of drug-likeness (QED) is 0.599. The van der Waals surface area contributed by atoms with Crippen LogP contribution in [0.1, 0.15) is 5.56 Å². The Hall–Kier alpha value is -1.79. The average Bonchev–Trinajstić information content (AvgIpc) is 2.14. The number of hydrogen-bond donors (Lipinski definition) is 2. The van der Waals surface area contributed by atoms with E-state index in [2.05, 4.69) is 0 Å². The van der Waals surface area contributed by atoms with Crippen LogP contribution in [0.2, 0.25) is 0 Å². The van der Waals surface area contributed by atoms with E-state index < -0.39 is 18.1 Å². The molecule has 0 saturated heterocycles. The molecule has 3 nitrogen and oxygen atoms in total. The summed E-state index contributed by atoms with van der Waals surface area (Å²) < 4.78 is 48.0. The summed E-state index contributed by atoms with van der Waals surface area (Å²) in [7, 11) is 0. The Balaban J connectivity index is 2.47. The highest BCUT2D eigenvalue weighted by atomic mass is 19.4. The fraction of sp³-hybridized carbons (Fsp3) is 0.222. The summed E-state index contributed by atoms with van der Waals surface area (Å²) in [5, 5.41) is 2.62. The lowest BCUT2D eigenvalue weighted by atomic mass is 10.2. The number of alkyl halides is 3. The topological polar surface area (TPSA) is 41.1 Å². The van der Waals surface area contributed by atoms with Gasteiger partial charge in [0.2, 0.25) is 0 Å². The molecule has 1 aromatic rings. The van der Waals surface area contributed by atoms with E-state index in [9.17, 15) is 22.4 Å². The highest BCUT2D eigenvalue weighted by Crippen LogP contribution is 2.09. The standard InChI is InChI=1S/C9H8F4N2O/c10-7-4-2-1-3-6(7)5-14-8(16)15-9(11,12)13/h1-4H,5H2,(H2,14,15,16). The first-order valence-corrected chi connectivity index (χ1v) is 4.24. The van der Waals surface area contributed by atoms with E-state index in [1.807, 2.05) is 5.32 Å². The summed E-state index contributed by atoms with van der Waals surface area (Å²) in [5.41, 5.74) is 0.111. The molecule has 0 saturated carbocycles. The molecule has 16 heavy (non-hydrogen) atoms. The van der Waals surface area contributed by atoms with E-state index in [-0.39, 0.29) is 12.1 Å². The summed E-state index contributed by atoms with van der Waals surface area (Å²) in [6.07, 6.45) is -4.79. The third kappa shape index (κ3) is 4.16. The van der Waals surface area contributed by atoms with Crippen molar-refractivity contribution in [3.05, 3.63) is 35.6 Å². The second-order valence-corrected chi connectivity index (χ2v) is 2.90. The van der Waals surface area contributed by atoms with Crippen molar-refractivity contribution >= 4 is 6.03 Å². The van der Waals surface area contributed by atoms with Gasteiger partial charge in [-0.1, -0.05) is 18.2 Å². The van der Waals surface area contributed by atoms with Crippen LogP contribution in [0.15, 0.2) is 24.3 Å². The van der Waals surface area contributed by atoms with Crippen molar-refractivity contribution in [3.63, 3.8) is 0 Å². The normalized spacial score (nSPS) is 11.0. The Morgan fingerprint density at radius 3 is 2.44 bits per heavy atom. The lowest BCUT2D eigenvalue weighted by Crippen LogP contribution is -2.43. The van der Waals surface area contributed by atoms with Gasteiger partial charge in [-0.05, 0) is 6.07 Å². The van der Waals surface area contributed by atoms with Gasteiger partial charge in [0.25, 0.3) is 0 Å². The maximum Gasteiger partial charge on any atom is 0.485 e. The van der Waals surface area contributed by atoms with Gasteiger partial charge in [0.1, 0.15) is 5.82 Å². The van der Waals surface area contributed by atoms with Crippen LogP contribution in [0.25, 0.3) is 0 Å². The van der Waals surface area contributed by atoms with Gasteiger partial charge in [-0.3, -0.25) is 0 Å². The molecule has 0 aromatic heterocycles. The van der Waals surface area contributed by atoms with E-state index in [0.29, 0.717) is 0 Å². The lowest BCUT2D eigenvalue weighted by Gasteiger charge is -2.10. The van der Waals surface area contributed by atoms with E-state index in [1.54, 1.807) is 0 Å². The molecule has 2 amide bonds. The molecule has 0 atom stereocenters. The molecule has 2 N–H and O–H groups in total. The van der Waals surface area contributed by atoms with Crippen LogP contribution in [0, 0.1) is 5.82 Å². The van der Waals surface area contributed by atoms with Gasteiger partial charge in [-0.15, -0.1) is 0 Å². The molecule has 0 fully saturated rings. The maximum atomic E-state index is 13.0. The fourth-order valence-corrected chi connectivity index (χ4v) is 0.990. The van der Waals surface area contributed by atoms with Crippen molar-refractivity contribution in [1.29, 1.82) is 0 Å². The summed E-state index contributed by atoms with van der Waals surface area (Å²) in [5.74, 6) is -0.588. The van der Waals surface area contributed by atoms with Gasteiger partial charge in [0, 0.05) is 12.1 Å². The number of halogens is 4. The zero-order valence-corrected chi connectivity index (χ0v) is 7.94. The molecular formula is C9H8F4N2O. The molecule has 0 bridgehead atoms. The Bertz CT molecular complexity index is 378. The van der Waals surface area contributed by atoms with Gasteiger partial charge in [-0.25, -0.2) is 14.5 Å². The van der Waals surface area contributed by atoms with Crippen LogP contribution in [0.3, 0.4) is 0 Å². The number of nitrogens with one attached hydrogen (secondary N) is 2. The molecule has 7 heteroatoms. The Kier molecular flexibility index (Phi) is 3.70. The van der Waals surface area contributed by atoms with Crippen LogP contribution in [0.4, 0.5) is 22.4 Å². The van der Waals surface area contributed by atoms with Gasteiger partial charge < -0.3 is 5.32 Å². The van der Waals surface area contributed by atoms with Crippen molar-refractivity contribution in [2.75, 3.05) is 0 Å². The number of hydrogen-bond acceptors (Lipinski definition) is 1. The van der Waals surface area contributed by atoms with E-state index in [0.717, 1.165) is 11.4 Å². The fourth-order valence-electron chi connectivity index (χ4n) is 0.990. The van der Waals surface area contributed by atoms with Crippen LogP contribution in [0.5, 0.6) is 0 Å². The Morgan fingerprint density at radius 2 is 1.88 bits per heavy atom. The molecule has 0 unspecified atom stereocenters. The predicted octanol–water partition coefficient (Wildman–Crippen LogP) is 2.14. The first-order valence-electron chi connectivity index (χ1n) is 4.24. The predicted molar refractivity (Wildman–Crippen MR) is 47.8 cm³/mol. The number of carbonyl (C=O) groups is 1. The van der Waals surface area contributed by atoms with Crippen LogP contribution >= 0.6 is 0 Å². The zero-order chi connectivity index (χ0) is 12.2. The first-order chi connectivity index (χ1) is 7.38. The first kappa shape index (κ1) is 12.3. The van der Waals surface area contributed by atoms with Gasteiger partial charge in [-0.2, -0.15) is 13.2 Å². The van der Waals surface area contributed by atoms with Crippen molar-refractivity contribution in [1.82, 2.24) is 10.6 Å². The second kappa shape index (κ2) is 4.82. The third-order valence-electron chi connectivity index (χ3n) is 1.65. The molecule has 0 aliphatic carbocycles. The molecule has 1 rings (SSSR count). The second-order valence-electron chi connectivity index (χ2n) is 2.90. The Labute approximate surface area is 88.4 Å². The summed E-state index contributed by atoms with van der Waals surface area (Å²) >= 11 is 0. The lowest BCUT2D eigenvalue weighted by molar-refractivity contribution is -0.145. The largest absolute Gasteiger partial charge is 0.485 e. The van der Waals surface area contributed by atoms with E-state index >= 15 is 0 Å². The molecule has 0 radical (unpaired) electrons. The number of amides is 2. The smallest absolute Gasteiger partial charge is 0.334 e. The van der Waals surface area contributed by atoms with Crippen LogP contribution in [-0.4, -0.2) is 12.3 Å². The molecular weight excluding hydrogens is 228 g/mol. The minimum atomic E-state index is -4.79. The Morgan fingerprint density at radius 1 is 1.25 bits per heavy atom. The third-order valence-corrected chi connectivity index (χ3v) is 1.65. The minimum absolute atomic E-state index is 0.111. The minimum Gasteiger partial charge on any atom is -0.334 e. The highest BCUT2D eigenvalue weighted by Gasteiger charge is 2.29. The number of rotatable bonds is 2. The SMILES string of the molecule is O=C(NCc1ccccc1F)NC(F)(F)F. The van der Waals surface area contributed by atoms with Gasteiger partial charge >= 0.3 is 12.3 Å². The molecule has 1 aromatic carbocycles.